The highest BCUT2D eigenvalue weighted by atomic mass is 15.3. The van der Waals surface area contributed by atoms with E-state index in [4.69, 9.17) is 5.73 Å². The molecular weight excluding hydrogens is 210 g/mol. The first-order valence-corrected chi connectivity index (χ1v) is 6.02. The van der Waals surface area contributed by atoms with Gasteiger partial charge in [-0.15, -0.1) is 0 Å². The number of aromatic nitrogens is 2. The molecule has 1 heterocycles. The molecule has 1 aromatic carbocycles. The van der Waals surface area contributed by atoms with Gasteiger partial charge in [-0.3, -0.25) is 4.68 Å². The van der Waals surface area contributed by atoms with Crippen molar-refractivity contribution in [1.82, 2.24) is 9.78 Å². The van der Waals surface area contributed by atoms with Gasteiger partial charge in [0.1, 0.15) is 0 Å². The fraction of sp³-hybridized carbons (Fsp3) is 0.357. The van der Waals surface area contributed by atoms with Crippen LogP contribution in [-0.2, 0) is 6.54 Å². The Morgan fingerprint density at radius 3 is 2.65 bits per heavy atom. The summed E-state index contributed by atoms with van der Waals surface area (Å²) in [5.41, 5.74) is 11.4. The van der Waals surface area contributed by atoms with Gasteiger partial charge in [-0.25, -0.2) is 0 Å². The molecule has 3 nitrogen and oxygen atoms in total. The van der Waals surface area contributed by atoms with Crippen LogP contribution < -0.4 is 5.73 Å². The van der Waals surface area contributed by atoms with Gasteiger partial charge in [-0.1, -0.05) is 13.0 Å². The maximum atomic E-state index is 5.78. The first kappa shape index (κ1) is 11.7. The Morgan fingerprint density at radius 1 is 1.24 bits per heavy atom. The summed E-state index contributed by atoms with van der Waals surface area (Å²) in [5.74, 6) is 0. The highest BCUT2D eigenvalue weighted by Gasteiger charge is 2.10. The van der Waals surface area contributed by atoms with Gasteiger partial charge < -0.3 is 5.73 Å². The van der Waals surface area contributed by atoms with Crippen LogP contribution in [0, 0.1) is 13.8 Å². The van der Waals surface area contributed by atoms with Gasteiger partial charge in [0.25, 0.3) is 0 Å². The molecule has 2 aromatic rings. The van der Waals surface area contributed by atoms with Gasteiger partial charge in [0.2, 0.25) is 0 Å². The average Bonchev–Trinajstić information content (AvgIpc) is 2.62. The van der Waals surface area contributed by atoms with Crippen molar-refractivity contribution in [3.8, 4) is 11.1 Å². The Morgan fingerprint density at radius 2 is 2.00 bits per heavy atom. The molecule has 0 radical (unpaired) electrons. The summed E-state index contributed by atoms with van der Waals surface area (Å²) in [4.78, 5) is 0. The number of hydrogen-bond donors (Lipinski definition) is 1. The number of anilines is 1. The van der Waals surface area contributed by atoms with Crippen LogP contribution in [0.1, 0.15) is 24.6 Å². The maximum absolute atomic E-state index is 5.78. The summed E-state index contributed by atoms with van der Waals surface area (Å²) in [6.07, 6.45) is 3.05. The van der Waals surface area contributed by atoms with Crippen molar-refractivity contribution < 1.29 is 0 Å². The van der Waals surface area contributed by atoms with Crippen molar-refractivity contribution in [2.24, 2.45) is 0 Å². The van der Waals surface area contributed by atoms with Gasteiger partial charge in [-0.05, 0) is 43.5 Å². The van der Waals surface area contributed by atoms with Crippen LogP contribution in [0.2, 0.25) is 0 Å². The zero-order valence-electron chi connectivity index (χ0n) is 10.7. The van der Waals surface area contributed by atoms with Crippen LogP contribution in [0.25, 0.3) is 11.1 Å². The maximum Gasteiger partial charge on any atom is 0.0571 e. The molecular formula is C14H19N3. The molecule has 0 aliphatic carbocycles. The number of nitrogen functional groups attached to an aromatic ring is 1. The standard InChI is InChI=1S/C14H19N3/c1-4-7-17-11(3)14(9-16-17)13-6-5-12(15)8-10(13)2/h5-6,8-9H,4,7,15H2,1-3H3. The van der Waals surface area contributed by atoms with Crippen LogP contribution in [0.5, 0.6) is 0 Å². The van der Waals surface area contributed by atoms with Crippen molar-refractivity contribution >= 4 is 5.69 Å². The van der Waals surface area contributed by atoms with E-state index in [-0.39, 0.29) is 0 Å². The van der Waals surface area contributed by atoms with Crippen LogP contribution in [0.15, 0.2) is 24.4 Å². The highest BCUT2D eigenvalue weighted by molar-refractivity contribution is 5.70. The predicted octanol–water partition coefficient (Wildman–Crippen LogP) is 3.16. The van der Waals surface area contributed by atoms with Crippen LogP contribution >= 0.6 is 0 Å². The van der Waals surface area contributed by atoms with Crippen molar-refractivity contribution in [2.75, 3.05) is 5.73 Å². The zero-order valence-corrected chi connectivity index (χ0v) is 10.7. The second-order valence-electron chi connectivity index (χ2n) is 4.44. The molecule has 0 unspecified atom stereocenters. The first-order valence-electron chi connectivity index (χ1n) is 6.02. The van der Waals surface area contributed by atoms with Gasteiger partial charge in [0, 0.05) is 23.5 Å². The Hall–Kier alpha value is -1.77. The van der Waals surface area contributed by atoms with E-state index >= 15 is 0 Å². The Balaban J connectivity index is 2.46. The minimum Gasteiger partial charge on any atom is -0.399 e. The van der Waals surface area contributed by atoms with Crippen molar-refractivity contribution in [3.63, 3.8) is 0 Å². The molecule has 0 aliphatic heterocycles. The van der Waals surface area contributed by atoms with Gasteiger partial charge in [0.15, 0.2) is 0 Å². The van der Waals surface area contributed by atoms with Crippen molar-refractivity contribution in [3.05, 3.63) is 35.7 Å². The number of hydrogen-bond acceptors (Lipinski definition) is 2. The molecule has 0 saturated carbocycles. The normalized spacial score (nSPS) is 10.8. The summed E-state index contributed by atoms with van der Waals surface area (Å²) in [5, 5.41) is 4.43. The molecule has 2 rings (SSSR count). The number of benzene rings is 1. The number of nitrogens with two attached hydrogens (primary N) is 1. The monoisotopic (exact) mass is 229 g/mol. The Labute approximate surface area is 102 Å². The second-order valence-corrected chi connectivity index (χ2v) is 4.44. The molecule has 17 heavy (non-hydrogen) atoms. The van der Waals surface area contributed by atoms with E-state index in [0.717, 1.165) is 18.7 Å². The topological polar surface area (TPSA) is 43.8 Å². The molecule has 3 heteroatoms. The SMILES string of the molecule is CCCn1ncc(-c2ccc(N)cc2C)c1C. The van der Waals surface area contributed by atoms with E-state index in [1.165, 1.54) is 22.4 Å². The Kier molecular flexibility index (Phi) is 3.18. The van der Waals surface area contributed by atoms with Crippen LogP contribution in [0.3, 0.4) is 0 Å². The van der Waals surface area contributed by atoms with Crippen LogP contribution in [-0.4, -0.2) is 9.78 Å². The average molecular weight is 229 g/mol. The Bertz CT molecular complexity index is 526. The summed E-state index contributed by atoms with van der Waals surface area (Å²) < 4.78 is 2.06. The van der Waals surface area contributed by atoms with Gasteiger partial charge >= 0.3 is 0 Å². The summed E-state index contributed by atoms with van der Waals surface area (Å²) in [6, 6.07) is 6.02. The third kappa shape index (κ3) is 2.18. The third-order valence-corrected chi connectivity index (χ3v) is 3.08. The first-order chi connectivity index (χ1) is 8.13. The lowest BCUT2D eigenvalue weighted by Crippen LogP contribution is -2.01. The molecule has 0 aliphatic rings. The third-order valence-electron chi connectivity index (χ3n) is 3.08. The lowest BCUT2D eigenvalue weighted by Gasteiger charge is -2.07. The van der Waals surface area contributed by atoms with E-state index in [9.17, 15) is 0 Å². The van der Waals surface area contributed by atoms with Crippen molar-refractivity contribution in [2.45, 2.75) is 33.7 Å². The fourth-order valence-corrected chi connectivity index (χ4v) is 2.14. The number of aryl methyl sites for hydroxylation is 2. The molecule has 0 bridgehead atoms. The second kappa shape index (κ2) is 4.62. The lowest BCUT2D eigenvalue weighted by atomic mass is 10.0. The number of rotatable bonds is 3. The lowest BCUT2D eigenvalue weighted by molar-refractivity contribution is 0.587. The van der Waals surface area contributed by atoms with E-state index in [2.05, 4.69) is 36.6 Å². The van der Waals surface area contributed by atoms with Crippen LogP contribution in [0.4, 0.5) is 5.69 Å². The van der Waals surface area contributed by atoms with Crippen molar-refractivity contribution in [1.29, 1.82) is 0 Å². The van der Waals surface area contributed by atoms with E-state index in [1.54, 1.807) is 0 Å². The largest absolute Gasteiger partial charge is 0.399 e. The van der Waals surface area contributed by atoms with Gasteiger partial charge in [-0.2, -0.15) is 5.10 Å². The zero-order chi connectivity index (χ0) is 12.4. The molecule has 0 spiro atoms. The van der Waals surface area contributed by atoms with Gasteiger partial charge in [0.05, 0.1) is 6.20 Å². The molecule has 0 saturated heterocycles. The predicted molar refractivity (Wildman–Crippen MR) is 71.8 cm³/mol. The quantitative estimate of drug-likeness (QED) is 0.822. The van der Waals surface area contributed by atoms with E-state index in [1.807, 2.05) is 18.3 Å². The summed E-state index contributed by atoms with van der Waals surface area (Å²) in [7, 11) is 0. The molecule has 2 N–H and O–H groups in total. The molecule has 0 atom stereocenters. The summed E-state index contributed by atoms with van der Waals surface area (Å²) >= 11 is 0. The minimum absolute atomic E-state index is 0.810. The highest BCUT2D eigenvalue weighted by Crippen LogP contribution is 2.27. The summed E-state index contributed by atoms with van der Waals surface area (Å²) in [6.45, 7) is 7.34. The minimum atomic E-state index is 0.810. The van der Waals surface area contributed by atoms with E-state index in [0.29, 0.717) is 0 Å². The molecule has 90 valence electrons. The molecule has 0 fully saturated rings. The smallest absolute Gasteiger partial charge is 0.0571 e. The number of nitrogens with zero attached hydrogens (tertiary/aromatic N) is 2. The molecule has 0 amide bonds. The van der Waals surface area contributed by atoms with E-state index < -0.39 is 0 Å². The fourth-order valence-electron chi connectivity index (χ4n) is 2.14. The molecule has 1 aromatic heterocycles.